The van der Waals surface area contributed by atoms with Crippen molar-refractivity contribution in [2.24, 2.45) is 0 Å². The smallest absolute Gasteiger partial charge is 0.0165 e. The maximum absolute atomic E-state index is 2.53. The highest BCUT2D eigenvalue weighted by Crippen LogP contribution is 2.56. The second kappa shape index (κ2) is 7.70. The van der Waals surface area contributed by atoms with Gasteiger partial charge in [-0.3, -0.25) is 0 Å². The summed E-state index contributed by atoms with van der Waals surface area (Å²) in [5.74, 6) is 0.551. The summed E-state index contributed by atoms with van der Waals surface area (Å²) in [5.41, 5.74) is 14.5. The van der Waals surface area contributed by atoms with Gasteiger partial charge in [0.2, 0.25) is 0 Å². The zero-order valence-electron chi connectivity index (χ0n) is 21.1. The van der Waals surface area contributed by atoms with Gasteiger partial charge in [-0.1, -0.05) is 94.4 Å². The van der Waals surface area contributed by atoms with Gasteiger partial charge >= 0.3 is 0 Å². The standard InChI is InChI=1S/C34H34/c1-6-21(2)23-13-7-8-14-24(23)29-20-31-30(19-22(29)3)32-27-17-11-9-15-25(27)26-16-10-12-18-28(26)33(32)34(31,4)5/h7-8,10-14,16-21H,6,9,15H2,1-5H3/t21-/m1/s1. The molecule has 0 spiro atoms. The minimum atomic E-state index is -0.0433. The molecular weight excluding hydrogens is 408 g/mol. The molecule has 0 nitrogen and oxygen atoms in total. The lowest BCUT2D eigenvalue weighted by atomic mass is 9.77. The van der Waals surface area contributed by atoms with Crippen molar-refractivity contribution in [3.8, 4) is 22.3 Å². The number of allylic oxidation sites excluding steroid dienone is 1. The van der Waals surface area contributed by atoms with Crippen LogP contribution in [-0.2, 0) is 11.8 Å². The number of hydrogen-bond donors (Lipinski definition) is 0. The van der Waals surface area contributed by atoms with Crippen molar-refractivity contribution in [3.05, 3.63) is 100 Å². The minimum Gasteiger partial charge on any atom is -0.0836 e. The minimum absolute atomic E-state index is 0.0433. The van der Waals surface area contributed by atoms with Crippen LogP contribution in [0.15, 0.2) is 66.7 Å². The molecule has 0 aliphatic heterocycles. The Kier molecular flexibility index (Phi) is 4.85. The molecule has 0 fully saturated rings. The summed E-state index contributed by atoms with van der Waals surface area (Å²) in [6.45, 7) is 11.8. The highest BCUT2D eigenvalue weighted by molar-refractivity contribution is 6.04. The highest BCUT2D eigenvalue weighted by atomic mass is 14.4. The van der Waals surface area contributed by atoms with Crippen molar-refractivity contribution in [1.82, 2.24) is 0 Å². The van der Waals surface area contributed by atoms with Gasteiger partial charge in [0.05, 0.1) is 0 Å². The highest BCUT2D eigenvalue weighted by Gasteiger charge is 2.40. The van der Waals surface area contributed by atoms with Crippen molar-refractivity contribution in [2.75, 3.05) is 0 Å². The summed E-state index contributed by atoms with van der Waals surface area (Å²) in [6.07, 6.45) is 8.19. The van der Waals surface area contributed by atoms with E-state index in [-0.39, 0.29) is 5.41 Å². The summed E-state index contributed by atoms with van der Waals surface area (Å²) in [7, 11) is 0. The molecule has 0 heterocycles. The maximum Gasteiger partial charge on any atom is 0.0165 e. The predicted octanol–water partition coefficient (Wildman–Crippen LogP) is 9.59. The van der Waals surface area contributed by atoms with E-state index in [4.69, 9.17) is 0 Å². The first-order chi connectivity index (χ1) is 16.4. The van der Waals surface area contributed by atoms with E-state index in [0.717, 1.165) is 19.3 Å². The summed E-state index contributed by atoms with van der Waals surface area (Å²) in [4.78, 5) is 0. The fourth-order valence-electron chi connectivity index (χ4n) is 6.59. The van der Waals surface area contributed by atoms with Gasteiger partial charge < -0.3 is 0 Å². The second-order valence-electron chi connectivity index (χ2n) is 10.9. The predicted molar refractivity (Wildman–Crippen MR) is 148 cm³/mol. The van der Waals surface area contributed by atoms with E-state index < -0.39 is 0 Å². The van der Waals surface area contributed by atoms with Crippen LogP contribution in [0.4, 0.5) is 0 Å². The normalized spacial score (nSPS) is 16.3. The van der Waals surface area contributed by atoms with E-state index in [2.05, 4.69) is 107 Å². The lowest BCUT2D eigenvalue weighted by Crippen LogP contribution is -2.16. The molecule has 6 rings (SSSR count). The molecule has 0 N–H and O–H groups in total. The molecule has 170 valence electrons. The van der Waals surface area contributed by atoms with Crippen LogP contribution in [0.1, 0.15) is 79.8 Å². The fourth-order valence-corrected chi connectivity index (χ4v) is 6.59. The van der Waals surface area contributed by atoms with E-state index in [9.17, 15) is 0 Å². The van der Waals surface area contributed by atoms with Crippen LogP contribution in [0, 0.1) is 6.92 Å². The van der Waals surface area contributed by atoms with Gasteiger partial charge in [-0.25, -0.2) is 0 Å². The topological polar surface area (TPSA) is 0 Å². The maximum atomic E-state index is 2.53. The molecule has 0 aromatic heterocycles. The van der Waals surface area contributed by atoms with E-state index in [1.807, 2.05) is 0 Å². The lowest BCUT2D eigenvalue weighted by Gasteiger charge is -2.26. The Bertz CT molecular complexity index is 1480. The molecule has 4 aromatic carbocycles. The van der Waals surface area contributed by atoms with E-state index in [1.165, 1.54) is 66.4 Å². The molecule has 0 saturated carbocycles. The molecule has 4 aromatic rings. The zero-order valence-corrected chi connectivity index (χ0v) is 21.1. The third-order valence-electron chi connectivity index (χ3n) is 8.54. The Balaban J connectivity index is 1.67. The van der Waals surface area contributed by atoms with E-state index in [0.29, 0.717) is 5.92 Å². The van der Waals surface area contributed by atoms with Crippen molar-refractivity contribution in [3.63, 3.8) is 0 Å². The second-order valence-corrected chi connectivity index (χ2v) is 10.9. The zero-order chi connectivity index (χ0) is 23.6. The van der Waals surface area contributed by atoms with Crippen LogP contribution in [0.25, 0.3) is 39.1 Å². The molecule has 0 bridgehead atoms. The van der Waals surface area contributed by atoms with Crippen molar-refractivity contribution >= 4 is 16.8 Å². The third-order valence-corrected chi connectivity index (χ3v) is 8.54. The van der Waals surface area contributed by atoms with Gasteiger partial charge in [-0.2, -0.15) is 0 Å². The van der Waals surface area contributed by atoms with Gasteiger partial charge in [-0.15, -0.1) is 0 Å². The number of fused-ring (bicyclic) bond motifs is 8. The Morgan fingerprint density at radius 2 is 1.62 bits per heavy atom. The molecule has 1 atom stereocenters. The van der Waals surface area contributed by atoms with Crippen LogP contribution in [0.2, 0.25) is 0 Å². The Labute approximate surface area is 204 Å². The van der Waals surface area contributed by atoms with Crippen LogP contribution in [-0.4, -0.2) is 0 Å². The van der Waals surface area contributed by atoms with Crippen molar-refractivity contribution < 1.29 is 0 Å². The Morgan fingerprint density at radius 1 is 0.882 bits per heavy atom. The fraction of sp³-hybridized carbons (Fsp3) is 0.294. The summed E-state index contributed by atoms with van der Waals surface area (Å²) < 4.78 is 0. The number of hydrogen-bond acceptors (Lipinski definition) is 0. The average molecular weight is 443 g/mol. The van der Waals surface area contributed by atoms with E-state index >= 15 is 0 Å². The van der Waals surface area contributed by atoms with Crippen LogP contribution in [0.3, 0.4) is 0 Å². The Morgan fingerprint density at radius 3 is 2.41 bits per heavy atom. The van der Waals surface area contributed by atoms with Gasteiger partial charge in [0.25, 0.3) is 0 Å². The molecule has 34 heavy (non-hydrogen) atoms. The summed E-state index contributed by atoms with van der Waals surface area (Å²) in [6, 6.07) is 23.2. The Hall–Kier alpha value is -3.12. The average Bonchev–Trinajstić information content (AvgIpc) is 3.09. The largest absolute Gasteiger partial charge is 0.0836 e. The van der Waals surface area contributed by atoms with Crippen LogP contribution >= 0.6 is 0 Å². The number of rotatable bonds is 3. The van der Waals surface area contributed by atoms with Gasteiger partial charge in [0.15, 0.2) is 0 Å². The molecule has 0 heteroatoms. The molecule has 0 unspecified atom stereocenters. The van der Waals surface area contributed by atoms with Crippen molar-refractivity contribution in [2.45, 2.75) is 65.2 Å². The molecular formula is C34H34. The number of benzene rings is 4. The lowest BCUT2D eigenvalue weighted by molar-refractivity contribution is 0.666. The quantitative estimate of drug-likeness (QED) is 0.296. The SMILES string of the molecule is CC[C@@H](C)c1ccccc1-c1cc2c(cc1C)-c1c3c(c4ccccc4c1C2(C)C)CCC=C3. The monoisotopic (exact) mass is 442 g/mol. The van der Waals surface area contributed by atoms with Crippen LogP contribution < -0.4 is 0 Å². The summed E-state index contributed by atoms with van der Waals surface area (Å²) >= 11 is 0. The van der Waals surface area contributed by atoms with Gasteiger partial charge in [0.1, 0.15) is 0 Å². The third kappa shape index (κ3) is 2.91. The first kappa shape index (κ1) is 21.4. The molecule has 0 saturated heterocycles. The van der Waals surface area contributed by atoms with E-state index in [1.54, 1.807) is 0 Å². The molecule has 0 radical (unpaired) electrons. The first-order valence-electron chi connectivity index (χ1n) is 12.9. The van der Waals surface area contributed by atoms with Gasteiger partial charge in [0, 0.05) is 5.41 Å². The van der Waals surface area contributed by atoms with Gasteiger partial charge in [-0.05, 0) is 105 Å². The van der Waals surface area contributed by atoms with Crippen molar-refractivity contribution in [1.29, 1.82) is 0 Å². The number of aryl methyl sites for hydroxylation is 2. The van der Waals surface area contributed by atoms with Crippen LogP contribution in [0.5, 0.6) is 0 Å². The first-order valence-corrected chi connectivity index (χ1v) is 12.9. The molecule has 0 amide bonds. The molecule has 2 aliphatic rings. The summed E-state index contributed by atoms with van der Waals surface area (Å²) in [5, 5.41) is 2.88. The molecule has 2 aliphatic carbocycles.